The summed E-state index contributed by atoms with van der Waals surface area (Å²) in [4.78, 5) is 0. The number of nitrogens with zero attached hydrogens (tertiary/aromatic N) is 3. The molecule has 0 amide bonds. The molecule has 8 heteroatoms. The monoisotopic (exact) mass is 247 g/mol. The quantitative estimate of drug-likeness (QED) is 0.594. The van der Waals surface area contributed by atoms with E-state index in [1.807, 2.05) is 6.92 Å². The highest BCUT2D eigenvalue weighted by Crippen LogP contribution is 1.92. The second-order valence-corrected chi connectivity index (χ2v) is 5.28. The molecule has 0 bridgehead atoms. The molecule has 16 heavy (non-hydrogen) atoms. The molecule has 0 atom stereocenters. The molecule has 0 radical (unpaired) electrons. The SMILES string of the molecule is CCNCCS(=O)(=O)NCc1nncn1C. The van der Waals surface area contributed by atoms with Gasteiger partial charge in [-0.05, 0) is 6.54 Å². The van der Waals surface area contributed by atoms with Crippen LogP contribution in [0.1, 0.15) is 12.7 Å². The van der Waals surface area contributed by atoms with Gasteiger partial charge in [0.05, 0.1) is 12.3 Å². The molecule has 0 aliphatic heterocycles. The van der Waals surface area contributed by atoms with E-state index in [1.54, 1.807) is 11.6 Å². The molecule has 1 rings (SSSR count). The third kappa shape index (κ3) is 4.25. The van der Waals surface area contributed by atoms with Gasteiger partial charge < -0.3 is 9.88 Å². The van der Waals surface area contributed by atoms with Gasteiger partial charge in [0.25, 0.3) is 0 Å². The first kappa shape index (κ1) is 13.1. The minimum atomic E-state index is -3.24. The van der Waals surface area contributed by atoms with Crippen molar-refractivity contribution in [1.82, 2.24) is 24.8 Å². The van der Waals surface area contributed by atoms with E-state index >= 15 is 0 Å². The summed E-state index contributed by atoms with van der Waals surface area (Å²) >= 11 is 0. The van der Waals surface area contributed by atoms with Gasteiger partial charge >= 0.3 is 0 Å². The number of aryl methyl sites for hydroxylation is 1. The third-order valence-electron chi connectivity index (χ3n) is 2.05. The van der Waals surface area contributed by atoms with E-state index in [1.165, 1.54) is 6.33 Å². The molecule has 92 valence electrons. The fourth-order valence-electron chi connectivity index (χ4n) is 1.10. The highest BCUT2D eigenvalue weighted by Gasteiger charge is 2.10. The average molecular weight is 247 g/mol. The Morgan fingerprint density at radius 3 is 2.81 bits per heavy atom. The molecule has 0 aliphatic rings. The molecule has 0 aliphatic carbocycles. The Hall–Kier alpha value is -0.990. The highest BCUT2D eigenvalue weighted by molar-refractivity contribution is 7.89. The van der Waals surface area contributed by atoms with Crippen LogP contribution < -0.4 is 10.0 Å². The zero-order valence-corrected chi connectivity index (χ0v) is 10.3. The first-order valence-electron chi connectivity index (χ1n) is 5.06. The topological polar surface area (TPSA) is 88.9 Å². The third-order valence-corrected chi connectivity index (χ3v) is 3.38. The molecule has 7 nitrogen and oxygen atoms in total. The van der Waals surface area contributed by atoms with Crippen LogP contribution in [0.15, 0.2) is 6.33 Å². The Bertz CT molecular complexity index is 414. The molecule has 0 fully saturated rings. The van der Waals surface area contributed by atoms with E-state index in [0.29, 0.717) is 12.4 Å². The van der Waals surface area contributed by atoms with Gasteiger partial charge in [0.1, 0.15) is 12.2 Å². The fraction of sp³-hybridized carbons (Fsp3) is 0.750. The van der Waals surface area contributed by atoms with Gasteiger partial charge in [0, 0.05) is 13.6 Å². The number of hydrogen-bond donors (Lipinski definition) is 2. The molecular weight excluding hydrogens is 230 g/mol. The average Bonchev–Trinajstić information content (AvgIpc) is 2.62. The molecule has 0 unspecified atom stereocenters. The lowest BCUT2D eigenvalue weighted by Gasteiger charge is -2.06. The van der Waals surface area contributed by atoms with Gasteiger partial charge in [-0.15, -0.1) is 10.2 Å². The van der Waals surface area contributed by atoms with Gasteiger partial charge in [-0.1, -0.05) is 6.92 Å². The molecule has 0 aromatic carbocycles. The zero-order valence-electron chi connectivity index (χ0n) is 9.47. The van der Waals surface area contributed by atoms with Gasteiger partial charge in [0.2, 0.25) is 10.0 Å². The van der Waals surface area contributed by atoms with Crippen LogP contribution in [0.3, 0.4) is 0 Å². The summed E-state index contributed by atoms with van der Waals surface area (Å²) in [5, 5.41) is 10.4. The van der Waals surface area contributed by atoms with Crippen molar-refractivity contribution in [1.29, 1.82) is 0 Å². The number of aromatic nitrogens is 3. The van der Waals surface area contributed by atoms with Gasteiger partial charge in [-0.3, -0.25) is 0 Å². The van der Waals surface area contributed by atoms with Crippen molar-refractivity contribution in [3.8, 4) is 0 Å². The maximum absolute atomic E-state index is 11.5. The van der Waals surface area contributed by atoms with Crippen molar-refractivity contribution in [2.75, 3.05) is 18.8 Å². The molecule has 0 saturated carbocycles. The smallest absolute Gasteiger partial charge is 0.213 e. The zero-order chi connectivity index (χ0) is 12.0. The van der Waals surface area contributed by atoms with Crippen LogP contribution in [0.4, 0.5) is 0 Å². The first-order valence-corrected chi connectivity index (χ1v) is 6.71. The van der Waals surface area contributed by atoms with Gasteiger partial charge in [0.15, 0.2) is 0 Å². The second-order valence-electron chi connectivity index (χ2n) is 3.35. The minimum Gasteiger partial charge on any atom is -0.320 e. The van der Waals surface area contributed by atoms with E-state index in [9.17, 15) is 8.42 Å². The molecule has 1 aromatic rings. The van der Waals surface area contributed by atoms with Crippen LogP contribution in [0.5, 0.6) is 0 Å². The highest BCUT2D eigenvalue weighted by atomic mass is 32.2. The first-order chi connectivity index (χ1) is 7.55. The summed E-state index contributed by atoms with van der Waals surface area (Å²) in [6.45, 7) is 3.31. The van der Waals surface area contributed by atoms with Crippen molar-refractivity contribution in [2.24, 2.45) is 7.05 Å². The predicted molar refractivity (Wildman–Crippen MR) is 60.2 cm³/mol. The molecule has 1 aromatic heterocycles. The number of rotatable bonds is 7. The van der Waals surface area contributed by atoms with E-state index in [4.69, 9.17) is 0 Å². The van der Waals surface area contributed by atoms with E-state index in [-0.39, 0.29) is 12.3 Å². The van der Waals surface area contributed by atoms with Crippen LogP contribution in [0.25, 0.3) is 0 Å². The van der Waals surface area contributed by atoms with E-state index < -0.39 is 10.0 Å². The number of hydrogen-bond acceptors (Lipinski definition) is 5. The summed E-state index contributed by atoms with van der Waals surface area (Å²) in [5.41, 5.74) is 0. The van der Waals surface area contributed by atoms with Crippen molar-refractivity contribution in [3.63, 3.8) is 0 Å². The van der Waals surface area contributed by atoms with Crippen molar-refractivity contribution >= 4 is 10.0 Å². The Kier molecular flexibility index (Phi) is 4.84. The van der Waals surface area contributed by atoms with Crippen LogP contribution >= 0.6 is 0 Å². The van der Waals surface area contributed by atoms with Crippen LogP contribution in [0.2, 0.25) is 0 Å². The lowest BCUT2D eigenvalue weighted by Crippen LogP contribution is -2.32. The summed E-state index contributed by atoms with van der Waals surface area (Å²) in [6, 6.07) is 0. The Morgan fingerprint density at radius 2 is 2.25 bits per heavy atom. The van der Waals surface area contributed by atoms with Crippen LogP contribution in [-0.4, -0.2) is 42.0 Å². The predicted octanol–water partition coefficient (Wildman–Crippen LogP) is -1.16. The van der Waals surface area contributed by atoms with Crippen LogP contribution in [0, 0.1) is 0 Å². The molecule has 1 heterocycles. The van der Waals surface area contributed by atoms with E-state index in [2.05, 4.69) is 20.2 Å². The molecule has 0 saturated heterocycles. The maximum atomic E-state index is 11.5. The summed E-state index contributed by atoms with van der Waals surface area (Å²) in [5.74, 6) is 0.658. The summed E-state index contributed by atoms with van der Waals surface area (Å²) in [7, 11) is -1.47. The summed E-state index contributed by atoms with van der Waals surface area (Å²) < 4.78 is 27.2. The van der Waals surface area contributed by atoms with Crippen molar-refractivity contribution < 1.29 is 8.42 Å². The lowest BCUT2D eigenvalue weighted by atomic mass is 10.6. The molecular formula is C8H17N5O2S. The van der Waals surface area contributed by atoms with Crippen molar-refractivity contribution in [2.45, 2.75) is 13.5 Å². The number of nitrogens with one attached hydrogen (secondary N) is 2. The Balaban J connectivity index is 2.39. The van der Waals surface area contributed by atoms with Crippen LogP contribution in [-0.2, 0) is 23.6 Å². The summed E-state index contributed by atoms with van der Waals surface area (Å²) in [6.07, 6.45) is 1.53. The standard InChI is InChI=1S/C8H17N5O2S/c1-3-9-4-5-16(14,15)11-6-8-12-10-7-13(8)2/h7,9,11H,3-6H2,1-2H3. The van der Waals surface area contributed by atoms with E-state index in [0.717, 1.165) is 6.54 Å². The molecule has 0 spiro atoms. The van der Waals surface area contributed by atoms with Gasteiger partial charge in [-0.2, -0.15) is 0 Å². The largest absolute Gasteiger partial charge is 0.320 e. The minimum absolute atomic E-state index is 0.0681. The Morgan fingerprint density at radius 1 is 1.50 bits per heavy atom. The molecule has 2 N–H and O–H groups in total. The second kappa shape index (κ2) is 5.92. The van der Waals surface area contributed by atoms with Gasteiger partial charge in [-0.25, -0.2) is 13.1 Å². The lowest BCUT2D eigenvalue weighted by molar-refractivity contribution is 0.573. The number of sulfonamides is 1. The van der Waals surface area contributed by atoms with Crippen molar-refractivity contribution in [3.05, 3.63) is 12.2 Å². The Labute approximate surface area is 95.3 Å². The fourth-order valence-corrected chi connectivity index (χ4v) is 2.00. The normalized spacial score (nSPS) is 11.9. The maximum Gasteiger partial charge on any atom is 0.213 e.